The normalized spacial score (nSPS) is 9.57. The van der Waals surface area contributed by atoms with Gasteiger partial charge in [-0.05, 0) is 24.3 Å². The van der Waals surface area contributed by atoms with Crippen LogP contribution in [0.4, 0.5) is 5.69 Å². The number of hydrogen-bond donors (Lipinski definition) is 2. The molecule has 2 aromatic rings. The standard InChI is InChI=1S/C9H8ClN3.ClH/c10-6-4-8-7(2-1-3-12-8)9(5-6)13-11;/h1-5,13H,11H2;1H. The summed E-state index contributed by atoms with van der Waals surface area (Å²) in [6, 6.07) is 7.37. The van der Waals surface area contributed by atoms with Gasteiger partial charge in [-0.2, -0.15) is 0 Å². The third-order valence-electron chi connectivity index (χ3n) is 1.84. The number of fused-ring (bicyclic) bond motifs is 1. The van der Waals surface area contributed by atoms with Crippen LogP contribution in [0, 0.1) is 0 Å². The van der Waals surface area contributed by atoms with E-state index in [-0.39, 0.29) is 12.4 Å². The second-order valence-corrected chi connectivity index (χ2v) is 3.10. The molecule has 0 radical (unpaired) electrons. The average molecular weight is 230 g/mol. The van der Waals surface area contributed by atoms with E-state index in [2.05, 4.69) is 10.4 Å². The summed E-state index contributed by atoms with van der Waals surface area (Å²) in [5.41, 5.74) is 4.21. The maximum absolute atomic E-state index is 5.87. The fourth-order valence-corrected chi connectivity index (χ4v) is 1.48. The van der Waals surface area contributed by atoms with Crippen LogP contribution in [0.15, 0.2) is 30.5 Å². The van der Waals surface area contributed by atoms with Crippen molar-refractivity contribution in [3.63, 3.8) is 0 Å². The molecule has 5 heteroatoms. The Morgan fingerprint density at radius 1 is 1.36 bits per heavy atom. The van der Waals surface area contributed by atoms with Gasteiger partial charge in [0.2, 0.25) is 0 Å². The summed E-state index contributed by atoms with van der Waals surface area (Å²) in [4.78, 5) is 4.17. The van der Waals surface area contributed by atoms with Crippen molar-refractivity contribution < 1.29 is 0 Å². The highest BCUT2D eigenvalue weighted by molar-refractivity contribution is 6.31. The van der Waals surface area contributed by atoms with Crippen LogP contribution in [0.3, 0.4) is 0 Å². The fourth-order valence-electron chi connectivity index (χ4n) is 1.27. The van der Waals surface area contributed by atoms with Crippen molar-refractivity contribution in [2.75, 3.05) is 5.43 Å². The zero-order valence-corrected chi connectivity index (χ0v) is 8.77. The summed E-state index contributed by atoms with van der Waals surface area (Å²) in [6.07, 6.45) is 1.72. The highest BCUT2D eigenvalue weighted by Crippen LogP contribution is 2.25. The van der Waals surface area contributed by atoms with Gasteiger partial charge < -0.3 is 5.43 Å². The summed E-state index contributed by atoms with van der Waals surface area (Å²) in [5.74, 6) is 5.35. The molecule has 0 amide bonds. The number of benzene rings is 1. The molecule has 0 unspecified atom stereocenters. The van der Waals surface area contributed by atoms with Gasteiger partial charge in [0.1, 0.15) is 0 Å². The minimum atomic E-state index is 0. The molecule has 0 spiro atoms. The molecule has 0 atom stereocenters. The molecule has 1 aromatic heterocycles. The van der Waals surface area contributed by atoms with Crippen LogP contribution >= 0.6 is 24.0 Å². The van der Waals surface area contributed by atoms with E-state index in [1.807, 2.05) is 12.1 Å². The monoisotopic (exact) mass is 229 g/mol. The molecule has 0 saturated heterocycles. The quantitative estimate of drug-likeness (QED) is 0.584. The first kappa shape index (κ1) is 11.0. The van der Waals surface area contributed by atoms with E-state index in [1.54, 1.807) is 18.3 Å². The van der Waals surface area contributed by atoms with E-state index in [0.29, 0.717) is 5.02 Å². The third-order valence-corrected chi connectivity index (χ3v) is 2.06. The van der Waals surface area contributed by atoms with Crippen molar-refractivity contribution in [3.8, 4) is 0 Å². The molecular formula is C9H9Cl2N3. The number of nitrogens with one attached hydrogen (secondary N) is 1. The number of rotatable bonds is 1. The molecule has 74 valence electrons. The van der Waals surface area contributed by atoms with Crippen LogP contribution in [-0.4, -0.2) is 4.98 Å². The van der Waals surface area contributed by atoms with Gasteiger partial charge in [0.25, 0.3) is 0 Å². The lowest BCUT2D eigenvalue weighted by Crippen LogP contribution is -2.07. The lowest BCUT2D eigenvalue weighted by Gasteiger charge is -2.04. The minimum absolute atomic E-state index is 0. The maximum atomic E-state index is 5.87. The molecule has 3 N–H and O–H groups in total. The highest BCUT2D eigenvalue weighted by Gasteiger charge is 2.01. The molecular weight excluding hydrogens is 221 g/mol. The SMILES string of the molecule is Cl.NNc1cc(Cl)cc2ncccc12. The van der Waals surface area contributed by atoms with E-state index in [4.69, 9.17) is 17.4 Å². The summed E-state index contributed by atoms with van der Waals surface area (Å²) in [5, 5.41) is 1.59. The predicted molar refractivity (Wildman–Crippen MR) is 61.8 cm³/mol. The first-order chi connectivity index (χ1) is 6.31. The topological polar surface area (TPSA) is 50.9 Å². The zero-order chi connectivity index (χ0) is 9.26. The Kier molecular flexibility index (Phi) is 3.52. The number of hydrogen-bond acceptors (Lipinski definition) is 3. The van der Waals surface area contributed by atoms with E-state index in [1.165, 1.54) is 0 Å². The number of anilines is 1. The smallest absolute Gasteiger partial charge is 0.0738 e. The molecule has 0 fully saturated rings. The molecule has 14 heavy (non-hydrogen) atoms. The minimum Gasteiger partial charge on any atom is -0.323 e. The second-order valence-electron chi connectivity index (χ2n) is 2.67. The summed E-state index contributed by atoms with van der Waals surface area (Å²) in [7, 11) is 0. The van der Waals surface area contributed by atoms with Gasteiger partial charge in [-0.1, -0.05) is 11.6 Å². The van der Waals surface area contributed by atoms with Gasteiger partial charge in [-0.3, -0.25) is 10.8 Å². The largest absolute Gasteiger partial charge is 0.323 e. The number of nitrogens with zero attached hydrogens (tertiary/aromatic N) is 1. The van der Waals surface area contributed by atoms with Gasteiger partial charge in [-0.25, -0.2) is 0 Å². The maximum Gasteiger partial charge on any atom is 0.0738 e. The molecule has 3 nitrogen and oxygen atoms in total. The van der Waals surface area contributed by atoms with Gasteiger partial charge in [-0.15, -0.1) is 12.4 Å². The lowest BCUT2D eigenvalue weighted by molar-refractivity contribution is 1.35. The second kappa shape index (κ2) is 4.46. The summed E-state index contributed by atoms with van der Waals surface area (Å²) in [6.45, 7) is 0. The first-order valence-corrected chi connectivity index (χ1v) is 4.20. The van der Waals surface area contributed by atoms with Crippen molar-refractivity contribution in [2.45, 2.75) is 0 Å². The Labute approximate surface area is 92.6 Å². The predicted octanol–water partition coefficient (Wildman–Crippen LogP) is 2.60. The Hall–Kier alpha value is -1.03. The fraction of sp³-hybridized carbons (Fsp3) is 0. The average Bonchev–Trinajstić information content (AvgIpc) is 2.16. The summed E-state index contributed by atoms with van der Waals surface area (Å²) >= 11 is 5.87. The van der Waals surface area contributed by atoms with Gasteiger partial charge in [0.15, 0.2) is 0 Å². The molecule has 1 aromatic carbocycles. The first-order valence-electron chi connectivity index (χ1n) is 3.82. The van der Waals surface area contributed by atoms with Gasteiger partial charge in [0.05, 0.1) is 11.2 Å². The molecule has 0 aliphatic carbocycles. The molecule has 0 aliphatic heterocycles. The van der Waals surface area contributed by atoms with E-state index >= 15 is 0 Å². The van der Waals surface area contributed by atoms with Crippen LogP contribution in [0.1, 0.15) is 0 Å². The van der Waals surface area contributed by atoms with E-state index in [0.717, 1.165) is 16.6 Å². The number of pyridine rings is 1. The Bertz CT molecular complexity index is 445. The number of aromatic nitrogens is 1. The number of nitrogens with two attached hydrogens (primary N) is 1. The molecule has 0 saturated carbocycles. The zero-order valence-electron chi connectivity index (χ0n) is 7.20. The molecule has 0 aliphatic rings. The van der Waals surface area contributed by atoms with Crippen LogP contribution in [0.2, 0.25) is 5.02 Å². The number of hydrazine groups is 1. The number of nitrogen functional groups attached to an aromatic ring is 1. The Morgan fingerprint density at radius 3 is 2.86 bits per heavy atom. The van der Waals surface area contributed by atoms with Gasteiger partial charge in [0, 0.05) is 16.6 Å². The van der Waals surface area contributed by atoms with Crippen molar-refractivity contribution in [1.82, 2.24) is 4.98 Å². The van der Waals surface area contributed by atoms with Gasteiger partial charge >= 0.3 is 0 Å². The van der Waals surface area contributed by atoms with Crippen LogP contribution < -0.4 is 11.3 Å². The molecule has 2 rings (SSSR count). The van der Waals surface area contributed by atoms with Crippen molar-refractivity contribution in [1.29, 1.82) is 0 Å². The third kappa shape index (κ3) is 1.90. The van der Waals surface area contributed by atoms with Crippen LogP contribution in [0.5, 0.6) is 0 Å². The van der Waals surface area contributed by atoms with Crippen molar-refractivity contribution in [2.24, 2.45) is 5.84 Å². The van der Waals surface area contributed by atoms with E-state index < -0.39 is 0 Å². The molecule has 0 bridgehead atoms. The highest BCUT2D eigenvalue weighted by atomic mass is 35.5. The van der Waals surface area contributed by atoms with Crippen LogP contribution in [-0.2, 0) is 0 Å². The van der Waals surface area contributed by atoms with E-state index in [9.17, 15) is 0 Å². The Morgan fingerprint density at radius 2 is 2.14 bits per heavy atom. The number of halogens is 2. The lowest BCUT2D eigenvalue weighted by atomic mass is 10.2. The molecule has 1 heterocycles. The Balaban J connectivity index is 0.000000980. The van der Waals surface area contributed by atoms with Crippen molar-refractivity contribution in [3.05, 3.63) is 35.5 Å². The van der Waals surface area contributed by atoms with Crippen LogP contribution in [0.25, 0.3) is 10.9 Å². The summed E-state index contributed by atoms with van der Waals surface area (Å²) < 4.78 is 0. The van der Waals surface area contributed by atoms with Crippen molar-refractivity contribution >= 4 is 40.6 Å².